The minimum Gasteiger partial charge on any atom is -0.493 e. The van der Waals surface area contributed by atoms with E-state index in [-0.39, 0.29) is 11.5 Å². The van der Waals surface area contributed by atoms with Crippen molar-refractivity contribution in [3.63, 3.8) is 0 Å². The topological polar surface area (TPSA) is 82.8 Å². The summed E-state index contributed by atoms with van der Waals surface area (Å²) in [5.41, 5.74) is 9.81. The first-order chi connectivity index (χ1) is 14.9. The molecule has 0 unspecified atom stereocenters. The van der Waals surface area contributed by atoms with E-state index < -0.39 is 6.09 Å². The lowest BCUT2D eigenvalue weighted by Crippen LogP contribution is -2.52. The van der Waals surface area contributed by atoms with E-state index >= 15 is 0 Å². The second kappa shape index (κ2) is 8.79. The van der Waals surface area contributed by atoms with Gasteiger partial charge in [-0.25, -0.2) is 4.79 Å². The van der Waals surface area contributed by atoms with Gasteiger partial charge in [-0.05, 0) is 60.6 Å². The van der Waals surface area contributed by atoms with Gasteiger partial charge >= 0.3 is 6.09 Å². The minimum atomic E-state index is -0.548. The molecule has 2 aromatic carbocycles. The maximum atomic E-state index is 12.5. The molecule has 0 spiro atoms. The molecule has 166 valence electrons. The molecule has 0 heterocycles. The predicted octanol–water partition coefficient (Wildman–Crippen LogP) is 5.04. The van der Waals surface area contributed by atoms with Gasteiger partial charge in [-0.3, -0.25) is 5.32 Å². The Kier molecular flexibility index (Phi) is 6.10. The van der Waals surface area contributed by atoms with Gasteiger partial charge in [0.25, 0.3) is 0 Å². The molecular formula is C25H32N2O4. The number of anilines is 1. The van der Waals surface area contributed by atoms with Crippen LogP contribution in [0.5, 0.6) is 17.2 Å². The third-order valence-electron chi connectivity index (χ3n) is 7.03. The molecule has 6 nitrogen and oxygen atoms in total. The van der Waals surface area contributed by atoms with Gasteiger partial charge < -0.3 is 19.9 Å². The second-order valence-corrected chi connectivity index (χ2v) is 8.91. The quantitative estimate of drug-likeness (QED) is 0.719. The van der Waals surface area contributed by atoms with Crippen molar-refractivity contribution >= 4 is 11.8 Å². The fourth-order valence-electron chi connectivity index (χ4n) is 5.26. The van der Waals surface area contributed by atoms with E-state index in [4.69, 9.17) is 19.9 Å². The monoisotopic (exact) mass is 424 g/mol. The van der Waals surface area contributed by atoms with Crippen LogP contribution in [-0.4, -0.2) is 26.4 Å². The summed E-state index contributed by atoms with van der Waals surface area (Å²) >= 11 is 0. The van der Waals surface area contributed by atoms with Crippen molar-refractivity contribution in [2.75, 3.05) is 19.5 Å². The normalized spacial score (nSPS) is 24.9. The molecule has 0 radical (unpaired) electrons. The molecule has 2 aliphatic carbocycles. The van der Waals surface area contributed by atoms with Gasteiger partial charge in [0.2, 0.25) is 0 Å². The van der Waals surface area contributed by atoms with Crippen molar-refractivity contribution in [1.29, 1.82) is 0 Å². The zero-order valence-electron chi connectivity index (χ0n) is 18.6. The van der Waals surface area contributed by atoms with Gasteiger partial charge in [0, 0.05) is 23.2 Å². The van der Waals surface area contributed by atoms with Crippen LogP contribution in [0.4, 0.5) is 10.5 Å². The highest BCUT2D eigenvalue weighted by atomic mass is 16.6. The minimum absolute atomic E-state index is 0.0855. The van der Waals surface area contributed by atoms with Crippen LogP contribution in [0.25, 0.3) is 0 Å². The highest BCUT2D eigenvalue weighted by Crippen LogP contribution is 2.46. The molecule has 1 fully saturated rings. The SMILES string of the molecule is COc1ccc(NC(=O)Oc2ccc3c(c2)[C@@]2(C)CCCCC[C@@H](C3)[C@@H]2N)cc1OC. The van der Waals surface area contributed by atoms with Crippen LogP contribution in [0.2, 0.25) is 0 Å². The van der Waals surface area contributed by atoms with Gasteiger partial charge in [0.15, 0.2) is 11.5 Å². The summed E-state index contributed by atoms with van der Waals surface area (Å²) in [4.78, 5) is 12.5. The van der Waals surface area contributed by atoms with E-state index in [1.165, 1.54) is 36.8 Å². The van der Waals surface area contributed by atoms with Crippen molar-refractivity contribution in [2.45, 2.75) is 56.9 Å². The van der Waals surface area contributed by atoms with Crippen LogP contribution >= 0.6 is 0 Å². The Labute approximate surface area is 184 Å². The number of benzene rings is 2. The number of hydrogen-bond acceptors (Lipinski definition) is 5. The first kappa shape index (κ1) is 21.5. The maximum Gasteiger partial charge on any atom is 0.417 e. The van der Waals surface area contributed by atoms with Crippen LogP contribution in [0.1, 0.15) is 50.2 Å². The van der Waals surface area contributed by atoms with Gasteiger partial charge in [-0.1, -0.05) is 32.3 Å². The smallest absolute Gasteiger partial charge is 0.417 e. The lowest BCUT2D eigenvalue weighted by Gasteiger charge is -2.47. The van der Waals surface area contributed by atoms with Gasteiger partial charge in [-0.2, -0.15) is 0 Å². The molecular weight excluding hydrogens is 392 g/mol. The van der Waals surface area contributed by atoms with Crippen LogP contribution in [0.3, 0.4) is 0 Å². The van der Waals surface area contributed by atoms with Crippen LogP contribution < -0.4 is 25.3 Å². The predicted molar refractivity (Wildman–Crippen MR) is 121 cm³/mol. The van der Waals surface area contributed by atoms with Crippen LogP contribution in [0.15, 0.2) is 36.4 Å². The maximum absolute atomic E-state index is 12.5. The fraction of sp³-hybridized carbons (Fsp3) is 0.480. The van der Waals surface area contributed by atoms with Crippen molar-refractivity contribution in [1.82, 2.24) is 0 Å². The van der Waals surface area contributed by atoms with Crippen molar-refractivity contribution < 1.29 is 19.0 Å². The Hall–Kier alpha value is -2.73. The Morgan fingerprint density at radius 2 is 1.87 bits per heavy atom. The lowest BCUT2D eigenvalue weighted by atomic mass is 9.60. The van der Waals surface area contributed by atoms with Crippen molar-refractivity contribution in [3.05, 3.63) is 47.5 Å². The molecule has 2 aromatic rings. The number of fused-ring (bicyclic) bond motifs is 4. The standard InChI is InChI=1S/C25H32N2O4/c1-25-12-6-4-5-7-17(23(25)26)13-16-8-10-19(15-20(16)25)31-24(28)27-18-9-11-21(29-2)22(14-18)30-3/h8-11,14-15,17,23H,4-7,12-13,26H2,1-3H3,(H,27,28)/t17-,23-,25+/m0/s1. The van der Waals surface area contributed by atoms with E-state index in [1.54, 1.807) is 32.4 Å². The Bertz CT molecular complexity index is 961. The molecule has 1 amide bonds. The number of amides is 1. The largest absolute Gasteiger partial charge is 0.493 e. The van der Waals surface area contributed by atoms with Crippen molar-refractivity contribution in [3.8, 4) is 17.2 Å². The number of carbonyl (C=O) groups excluding carboxylic acids is 1. The number of hydrogen-bond donors (Lipinski definition) is 2. The molecule has 0 aromatic heterocycles. The summed E-state index contributed by atoms with van der Waals surface area (Å²) < 4.78 is 16.1. The van der Waals surface area contributed by atoms with E-state index in [1.807, 2.05) is 12.1 Å². The van der Waals surface area contributed by atoms with Crippen LogP contribution in [-0.2, 0) is 11.8 Å². The zero-order valence-corrected chi connectivity index (χ0v) is 18.6. The van der Waals surface area contributed by atoms with E-state index in [0.717, 1.165) is 12.8 Å². The number of nitrogens with one attached hydrogen (secondary N) is 1. The molecule has 31 heavy (non-hydrogen) atoms. The Balaban J connectivity index is 1.53. The first-order valence-electron chi connectivity index (χ1n) is 11.0. The molecule has 2 bridgehead atoms. The van der Waals surface area contributed by atoms with Crippen molar-refractivity contribution in [2.24, 2.45) is 11.7 Å². The highest BCUT2D eigenvalue weighted by Gasteiger charge is 2.43. The summed E-state index contributed by atoms with van der Waals surface area (Å²) in [5.74, 6) is 2.19. The summed E-state index contributed by atoms with van der Waals surface area (Å²) in [6.45, 7) is 2.28. The Morgan fingerprint density at radius 3 is 2.65 bits per heavy atom. The second-order valence-electron chi connectivity index (χ2n) is 8.91. The van der Waals surface area contributed by atoms with Gasteiger partial charge in [-0.15, -0.1) is 0 Å². The van der Waals surface area contributed by atoms with Crippen LogP contribution in [0, 0.1) is 5.92 Å². The number of ether oxygens (including phenoxy) is 3. The summed E-state index contributed by atoms with van der Waals surface area (Å²) in [7, 11) is 3.12. The molecule has 0 aliphatic heterocycles. The molecule has 3 N–H and O–H groups in total. The third-order valence-corrected chi connectivity index (χ3v) is 7.03. The lowest BCUT2D eigenvalue weighted by molar-refractivity contribution is 0.200. The van der Waals surface area contributed by atoms with E-state index in [2.05, 4.69) is 18.3 Å². The molecule has 0 saturated heterocycles. The molecule has 1 saturated carbocycles. The summed E-state index contributed by atoms with van der Waals surface area (Å²) in [6, 6.07) is 11.3. The average Bonchev–Trinajstić information content (AvgIpc) is 2.76. The Morgan fingerprint density at radius 1 is 1.06 bits per heavy atom. The fourth-order valence-corrected chi connectivity index (χ4v) is 5.26. The molecule has 3 atom stereocenters. The number of methoxy groups -OCH3 is 2. The number of rotatable bonds is 4. The van der Waals surface area contributed by atoms with E-state index in [0.29, 0.717) is 28.9 Å². The average molecular weight is 425 g/mol. The number of carbonyl (C=O) groups is 1. The van der Waals surface area contributed by atoms with Gasteiger partial charge in [0.1, 0.15) is 5.75 Å². The number of nitrogens with two attached hydrogens (primary N) is 1. The highest BCUT2D eigenvalue weighted by molar-refractivity contribution is 5.86. The molecule has 6 heteroatoms. The van der Waals surface area contributed by atoms with E-state index in [9.17, 15) is 4.79 Å². The summed E-state index contributed by atoms with van der Waals surface area (Å²) in [6.07, 6.45) is 6.43. The third kappa shape index (κ3) is 4.22. The zero-order chi connectivity index (χ0) is 22.0. The molecule has 4 rings (SSSR count). The summed E-state index contributed by atoms with van der Waals surface area (Å²) in [5, 5.41) is 2.76. The first-order valence-corrected chi connectivity index (χ1v) is 11.0. The van der Waals surface area contributed by atoms with Gasteiger partial charge in [0.05, 0.1) is 14.2 Å². The molecule has 2 aliphatic rings.